The van der Waals surface area contributed by atoms with Crippen LogP contribution in [-0.4, -0.2) is 37.9 Å². The van der Waals surface area contributed by atoms with Gasteiger partial charge in [0.2, 0.25) is 0 Å². The van der Waals surface area contributed by atoms with Crippen LogP contribution in [0.2, 0.25) is 0 Å². The van der Waals surface area contributed by atoms with Gasteiger partial charge in [0.25, 0.3) is 0 Å². The zero-order chi connectivity index (χ0) is 22.5. The Kier molecular flexibility index (Phi) is 6.51. The van der Waals surface area contributed by atoms with E-state index in [4.69, 9.17) is 4.74 Å². The number of ether oxygens (including phenoxy) is 1. The second kappa shape index (κ2) is 10.0. The van der Waals surface area contributed by atoms with E-state index in [0.29, 0.717) is 17.3 Å². The predicted octanol–water partition coefficient (Wildman–Crippen LogP) is 4.70. The van der Waals surface area contributed by atoms with Crippen molar-refractivity contribution in [3.05, 3.63) is 76.7 Å². The smallest absolute Gasteiger partial charge is 0.316 e. The Morgan fingerprint density at radius 3 is 2.58 bits per heavy atom. The molecule has 0 aliphatic carbocycles. The van der Waals surface area contributed by atoms with Gasteiger partial charge in [0.1, 0.15) is 27.9 Å². The van der Waals surface area contributed by atoms with Gasteiger partial charge in [-0.05, 0) is 55.3 Å². The van der Waals surface area contributed by atoms with Gasteiger partial charge in [-0.25, -0.2) is 15.0 Å². The van der Waals surface area contributed by atoms with E-state index in [1.165, 1.54) is 49.3 Å². The van der Waals surface area contributed by atoms with E-state index in [-0.39, 0.29) is 6.01 Å². The van der Waals surface area contributed by atoms with Gasteiger partial charge in [0.15, 0.2) is 0 Å². The van der Waals surface area contributed by atoms with Gasteiger partial charge in [-0.1, -0.05) is 42.0 Å². The summed E-state index contributed by atoms with van der Waals surface area (Å²) in [5, 5.41) is 10.5. The molecule has 3 aromatic heterocycles. The number of hydrogen-bond acceptors (Lipinski definition) is 8. The normalized spacial score (nSPS) is 15.2. The Morgan fingerprint density at radius 1 is 0.970 bits per heavy atom. The lowest BCUT2D eigenvalue weighted by atomic mass is 10.1. The SMILES string of the molecule is N#CC(c1ccnc(OCc2ccc(CN3CCCCC3)cc2)n1)c1nc2cccnc2s1. The van der Waals surface area contributed by atoms with Gasteiger partial charge < -0.3 is 4.74 Å². The summed E-state index contributed by atoms with van der Waals surface area (Å²) in [5.41, 5.74) is 3.73. The summed E-state index contributed by atoms with van der Waals surface area (Å²) in [5.74, 6) is -0.594. The number of nitrogens with zero attached hydrogens (tertiary/aromatic N) is 6. The quantitative estimate of drug-likeness (QED) is 0.398. The van der Waals surface area contributed by atoms with Crippen molar-refractivity contribution in [2.45, 2.75) is 38.3 Å². The van der Waals surface area contributed by atoms with Crippen LogP contribution in [0.15, 0.2) is 54.9 Å². The summed E-state index contributed by atoms with van der Waals surface area (Å²) in [7, 11) is 0. The number of fused-ring (bicyclic) bond motifs is 1. The van der Waals surface area contributed by atoms with Crippen molar-refractivity contribution in [3.8, 4) is 12.1 Å². The molecular formula is C25H24N6OS. The Balaban J connectivity index is 1.24. The van der Waals surface area contributed by atoms with Crippen molar-refractivity contribution in [2.75, 3.05) is 13.1 Å². The molecule has 0 saturated carbocycles. The van der Waals surface area contributed by atoms with Crippen LogP contribution in [0.5, 0.6) is 6.01 Å². The van der Waals surface area contributed by atoms with Crippen molar-refractivity contribution in [3.63, 3.8) is 0 Å². The first-order valence-electron chi connectivity index (χ1n) is 11.2. The standard InChI is InChI=1S/C25H24N6OS/c26-15-20(23-29-22-5-4-11-27-24(22)33-23)21-10-12-28-25(30-21)32-17-19-8-6-18(7-9-19)16-31-13-2-1-3-14-31/h4-12,20H,1-3,13-14,16-17H2. The van der Waals surface area contributed by atoms with Crippen LogP contribution in [0.4, 0.5) is 0 Å². The maximum Gasteiger partial charge on any atom is 0.316 e. The fourth-order valence-corrected chi connectivity index (χ4v) is 4.97. The molecule has 4 heterocycles. The third kappa shape index (κ3) is 5.16. The lowest BCUT2D eigenvalue weighted by molar-refractivity contribution is 0.221. The minimum absolute atomic E-state index is 0.254. The highest BCUT2D eigenvalue weighted by Crippen LogP contribution is 2.30. The van der Waals surface area contributed by atoms with Crippen molar-refractivity contribution in [2.24, 2.45) is 0 Å². The molecule has 0 bridgehead atoms. The highest BCUT2D eigenvalue weighted by Gasteiger charge is 2.21. The maximum absolute atomic E-state index is 9.79. The number of likely N-dealkylation sites (tertiary alicyclic amines) is 1. The Bertz CT molecular complexity index is 1230. The molecule has 33 heavy (non-hydrogen) atoms. The molecule has 0 spiro atoms. The zero-order valence-electron chi connectivity index (χ0n) is 18.2. The minimum atomic E-state index is -0.594. The van der Waals surface area contributed by atoms with E-state index >= 15 is 0 Å². The van der Waals surface area contributed by atoms with Crippen molar-refractivity contribution in [1.29, 1.82) is 5.26 Å². The molecular weight excluding hydrogens is 432 g/mol. The zero-order valence-corrected chi connectivity index (χ0v) is 19.0. The van der Waals surface area contributed by atoms with Crippen LogP contribution < -0.4 is 4.74 Å². The van der Waals surface area contributed by atoms with E-state index in [9.17, 15) is 5.26 Å². The number of piperidine rings is 1. The highest BCUT2D eigenvalue weighted by atomic mass is 32.1. The third-order valence-corrected chi connectivity index (χ3v) is 6.80. The van der Waals surface area contributed by atoms with Crippen LogP contribution in [0.25, 0.3) is 10.3 Å². The van der Waals surface area contributed by atoms with E-state index in [1.54, 1.807) is 18.5 Å². The molecule has 1 unspecified atom stereocenters. The molecule has 5 rings (SSSR count). The summed E-state index contributed by atoms with van der Waals surface area (Å²) in [4.78, 5) is 20.9. The van der Waals surface area contributed by atoms with Gasteiger partial charge in [-0.3, -0.25) is 4.90 Å². The number of aromatic nitrogens is 4. The first-order valence-corrected chi connectivity index (χ1v) is 12.0. The summed E-state index contributed by atoms with van der Waals surface area (Å²) < 4.78 is 5.84. The molecule has 1 saturated heterocycles. The van der Waals surface area contributed by atoms with Gasteiger partial charge in [-0.2, -0.15) is 10.2 Å². The van der Waals surface area contributed by atoms with Gasteiger partial charge in [-0.15, -0.1) is 0 Å². The molecule has 7 nitrogen and oxygen atoms in total. The molecule has 1 fully saturated rings. The third-order valence-electron chi connectivity index (χ3n) is 5.76. The molecule has 1 aliphatic rings. The molecule has 1 atom stereocenters. The predicted molar refractivity (Wildman–Crippen MR) is 127 cm³/mol. The first-order chi connectivity index (χ1) is 16.3. The van der Waals surface area contributed by atoms with E-state index < -0.39 is 5.92 Å². The van der Waals surface area contributed by atoms with Crippen molar-refractivity contribution >= 4 is 21.7 Å². The van der Waals surface area contributed by atoms with E-state index in [1.807, 2.05) is 12.1 Å². The van der Waals surface area contributed by atoms with Crippen LogP contribution in [-0.2, 0) is 13.2 Å². The molecule has 0 amide bonds. The monoisotopic (exact) mass is 456 g/mol. The molecule has 0 radical (unpaired) electrons. The average molecular weight is 457 g/mol. The lowest BCUT2D eigenvalue weighted by Gasteiger charge is -2.26. The lowest BCUT2D eigenvalue weighted by Crippen LogP contribution is -2.29. The van der Waals surface area contributed by atoms with Crippen molar-refractivity contribution in [1.82, 2.24) is 24.8 Å². The summed E-state index contributed by atoms with van der Waals surface area (Å²) in [6.07, 6.45) is 7.29. The number of pyridine rings is 1. The maximum atomic E-state index is 9.79. The summed E-state index contributed by atoms with van der Waals surface area (Å²) in [6, 6.07) is 16.5. The van der Waals surface area contributed by atoms with E-state index in [2.05, 4.69) is 55.2 Å². The fraction of sp³-hybridized carbons (Fsp3) is 0.320. The molecule has 1 aromatic carbocycles. The largest absolute Gasteiger partial charge is 0.459 e. The Labute approximate surface area is 196 Å². The second-order valence-electron chi connectivity index (χ2n) is 8.15. The molecule has 1 aliphatic heterocycles. The number of thiazole rings is 1. The number of benzene rings is 1. The van der Waals surface area contributed by atoms with Crippen LogP contribution >= 0.6 is 11.3 Å². The topological polar surface area (TPSA) is 87.8 Å². The molecule has 0 N–H and O–H groups in total. The van der Waals surface area contributed by atoms with Gasteiger partial charge >= 0.3 is 6.01 Å². The number of rotatable bonds is 7. The molecule has 8 heteroatoms. The number of hydrogen-bond donors (Lipinski definition) is 0. The van der Waals surface area contributed by atoms with E-state index in [0.717, 1.165) is 22.5 Å². The summed E-state index contributed by atoms with van der Waals surface area (Å²) in [6.45, 7) is 3.75. The van der Waals surface area contributed by atoms with Crippen LogP contribution in [0.3, 0.4) is 0 Å². The molecule has 166 valence electrons. The number of nitriles is 1. The van der Waals surface area contributed by atoms with Crippen LogP contribution in [0, 0.1) is 11.3 Å². The molecule has 4 aromatic rings. The Hall–Kier alpha value is -3.41. The van der Waals surface area contributed by atoms with Gasteiger partial charge in [0, 0.05) is 18.9 Å². The highest BCUT2D eigenvalue weighted by molar-refractivity contribution is 7.18. The first kappa shape index (κ1) is 21.4. The fourth-order valence-electron chi connectivity index (χ4n) is 4.01. The van der Waals surface area contributed by atoms with Crippen molar-refractivity contribution < 1.29 is 4.74 Å². The Morgan fingerprint density at radius 2 is 1.79 bits per heavy atom. The minimum Gasteiger partial charge on any atom is -0.459 e. The van der Waals surface area contributed by atoms with Crippen LogP contribution in [0.1, 0.15) is 47.0 Å². The van der Waals surface area contributed by atoms with Gasteiger partial charge in [0.05, 0.1) is 11.8 Å². The summed E-state index contributed by atoms with van der Waals surface area (Å²) >= 11 is 1.41. The average Bonchev–Trinajstić information content (AvgIpc) is 3.29. The second-order valence-corrected chi connectivity index (χ2v) is 9.16.